The van der Waals surface area contributed by atoms with Gasteiger partial charge in [0.25, 0.3) is 6.02 Å². The van der Waals surface area contributed by atoms with Gasteiger partial charge >= 0.3 is 0 Å². The summed E-state index contributed by atoms with van der Waals surface area (Å²) < 4.78 is 5.68. The smallest absolute Gasteiger partial charge is 0.282 e. The second kappa shape index (κ2) is 3.18. The first-order valence-corrected chi connectivity index (χ1v) is 4.96. The molecule has 13 heavy (non-hydrogen) atoms. The zero-order valence-electron chi connectivity index (χ0n) is 8.05. The highest BCUT2D eigenvalue weighted by Crippen LogP contribution is 2.34. The molecule has 4 heteroatoms. The number of hydrogen-bond acceptors (Lipinski definition) is 4. The minimum atomic E-state index is -0.0793. The molecule has 2 rings (SSSR count). The fraction of sp³-hybridized carbons (Fsp3) is 0.889. The molecule has 1 fully saturated rings. The lowest BCUT2D eigenvalue weighted by Crippen LogP contribution is -2.52. The van der Waals surface area contributed by atoms with Gasteiger partial charge in [-0.2, -0.15) is 0 Å². The molecule has 0 saturated carbocycles. The number of piperidine rings is 1. The van der Waals surface area contributed by atoms with Gasteiger partial charge < -0.3 is 15.8 Å². The molecule has 0 amide bonds. The summed E-state index contributed by atoms with van der Waals surface area (Å²) in [5.41, 5.74) is 5.49. The van der Waals surface area contributed by atoms with Crippen molar-refractivity contribution >= 4 is 6.02 Å². The van der Waals surface area contributed by atoms with E-state index in [-0.39, 0.29) is 5.60 Å². The maximum absolute atomic E-state index is 5.68. The van der Waals surface area contributed by atoms with Gasteiger partial charge in [-0.15, -0.1) is 0 Å². The quantitative estimate of drug-likeness (QED) is 0.605. The van der Waals surface area contributed by atoms with Gasteiger partial charge in [-0.3, -0.25) is 0 Å². The lowest BCUT2D eigenvalue weighted by Gasteiger charge is -2.39. The summed E-state index contributed by atoms with van der Waals surface area (Å²) in [6.45, 7) is 4.98. The molecule has 1 spiro atoms. The van der Waals surface area contributed by atoms with Gasteiger partial charge in [0.2, 0.25) is 0 Å². The molecule has 0 aromatic carbocycles. The van der Waals surface area contributed by atoms with Crippen LogP contribution in [0.5, 0.6) is 0 Å². The van der Waals surface area contributed by atoms with Crippen LogP contribution in [-0.4, -0.2) is 31.3 Å². The van der Waals surface area contributed by atoms with Crippen molar-refractivity contribution < 1.29 is 4.74 Å². The Labute approximate surface area is 78.5 Å². The van der Waals surface area contributed by atoms with E-state index in [1.807, 2.05) is 0 Å². The van der Waals surface area contributed by atoms with E-state index in [0.717, 1.165) is 32.5 Å². The maximum atomic E-state index is 5.68. The third-order valence-electron chi connectivity index (χ3n) is 3.16. The number of ether oxygens (including phenoxy) is 1. The van der Waals surface area contributed by atoms with E-state index in [4.69, 9.17) is 10.5 Å². The van der Waals surface area contributed by atoms with Crippen molar-refractivity contribution in [3.63, 3.8) is 0 Å². The summed E-state index contributed by atoms with van der Waals surface area (Å²) in [6, 6.07) is 0.375. The number of hydrogen-bond donors (Lipinski definition) is 2. The Balaban J connectivity index is 2.10. The Morgan fingerprint density at radius 3 is 3.23 bits per heavy atom. The molecule has 0 bridgehead atoms. The average molecular weight is 183 g/mol. The first-order chi connectivity index (χ1) is 6.27. The van der Waals surface area contributed by atoms with Crippen LogP contribution in [0.3, 0.4) is 0 Å². The minimum absolute atomic E-state index is 0.0793. The van der Waals surface area contributed by atoms with Gasteiger partial charge in [0.05, 0.1) is 6.54 Å². The molecule has 2 atom stereocenters. The summed E-state index contributed by atoms with van der Waals surface area (Å²) in [5.74, 6) is 0.547. The summed E-state index contributed by atoms with van der Waals surface area (Å²) in [7, 11) is 0. The van der Waals surface area contributed by atoms with E-state index in [1.54, 1.807) is 0 Å². The summed E-state index contributed by atoms with van der Waals surface area (Å²) in [4.78, 5) is 4.16. The van der Waals surface area contributed by atoms with Crippen molar-refractivity contribution in [2.24, 2.45) is 16.6 Å². The zero-order chi connectivity index (χ0) is 9.31. The number of aliphatic imine (C=N–C) groups is 1. The second-order valence-corrected chi connectivity index (χ2v) is 3.88. The number of nitrogens with two attached hydrogens (primary N) is 1. The zero-order valence-corrected chi connectivity index (χ0v) is 8.05. The highest BCUT2D eigenvalue weighted by atomic mass is 16.5. The molecule has 2 aliphatic heterocycles. The third-order valence-corrected chi connectivity index (χ3v) is 3.16. The number of rotatable bonds is 1. The van der Waals surface area contributed by atoms with Crippen molar-refractivity contribution in [2.75, 3.05) is 19.6 Å². The van der Waals surface area contributed by atoms with E-state index in [9.17, 15) is 0 Å². The topological polar surface area (TPSA) is 59.6 Å². The summed E-state index contributed by atoms with van der Waals surface area (Å²) in [5, 5.41) is 3.38. The molecule has 2 unspecified atom stereocenters. The summed E-state index contributed by atoms with van der Waals surface area (Å²) >= 11 is 0. The van der Waals surface area contributed by atoms with Crippen LogP contribution in [0.2, 0.25) is 0 Å². The first-order valence-electron chi connectivity index (χ1n) is 4.96. The number of nitrogens with zero attached hydrogens (tertiary/aromatic N) is 1. The lowest BCUT2D eigenvalue weighted by atomic mass is 9.80. The monoisotopic (exact) mass is 183 g/mol. The normalized spacial score (nSPS) is 38.8. The minimum Gasteiger partial charge on any atom is -0.456 e. The van der Waals surface area contributed by atoms with E-state index in [1.165, 1.54) is 0 Å². The molecule has 4 nitrogen and oxygen atoms in total. The molecule has 3 N–H and O–H groups in total. The fourth-order valence-corrected chi connectivity index (χ4v) is 2.31. The Morgan fingerprint density at radius 2 is 2.62 bits per heavy atom. The van der Waals surface area contributed by atoms with Crippen LogP contribution in [0.4, 0.5) is 0 Å². The molecular formula is C9H17N3O. The molecule has 2 heterocycles. The Morgan fingerprint density at radius 1 is 1.77 bits per heavy atom. The standard InChI is InChI=1S/C9H17N3O/c1-2-7-5-11-4-3-9(7)6-12-8(10)13-9/h7,11H,2-6H2,1H3,(H2,10,12). The van der Waals surface area contributed by atoms with Gasteiger partial charge in [-0.05, 0) is 13.0 Å². The predicted octanol–water partition coefficient (Wildman–Crippen LogP) is 0.0896. The van der Waals surface area contributed by atoms with Crippen LogP contribution < -0.4 is 11.1 Å². The average Bonchev–Trinajstić information content (AvgIpc) is 2.49. The molecule has 0 aromatic rings. The molecule has 74 valence electrons. The van der Waals surface area contributed by atoms with Crippen LogP contribution in [0.15, 0.2) is 4.99 Å². The van der Waals surface area contributed by atoms with Crippen molar-refractivity contribution in [1.82, 2.24) is 5.32 Å². The fourth-order valence-electron chi connectivity index (χ4n) is 2.31. The van der Waals surface area contributed by atoms with Gasteiger partial charge in [0, 0.05) is 18.9 Å². The van der Waals surface area contributed by atoms with Crippen LogP contribution in [-0.2, 0) is 4.74 Å². The first kappa shape index (κ1) is 8.81. The van der Waals surface area contributed by atoms with Crippen molar-refractivity contribution in [2.45, 2.75) is 25.4 Å². The van der Waals surface area contributed by atoms with Gasteiger partial charge in [-0.25, -0.2) is 4.99 Å². The third kappa shape index (κ3) is 1.39. The van der Waals surface area contributed by atoms with Crippen LogP contribution in [0, 0.1) is 5.92 Å². The van der Waals surface area contributed by atoms with E-state index < -0.39 is 0 Å². The van der Waals surface area contributed by atoms with Crippen molar-refractivity contribution in [3.8, 4) is 0 Å². The van der Waals surface area contributed by atoms with Crippen molar-refractivity contribution in [1.29, 1.82) is 0 Å². The van der Waals surface area contributed by atoms with E-state index in [2.05, 4.69) is 17.2 Å². The second-order valence-electron chi connectivity index (χ2n) is 3.88. The van der Waals surface area contributed by atoms with Crippen LogP contribution >= 0.6 is 0 Å². The van der Waals surface area contributed by atoms with Crippen LogP contribution in [0.1, 0.15) is 19.8 Å². The largest absolute Gasteiger partial charge is 0.456 e. The van der Waals surface area contributed by atoms with Crippen molar-refractivity contribution in [3.05, 3.63) is 0 Å². The van der Waals surface area contributed by atoms with E-state index >= 15 is 0 Å². The molecule has 0 radical (unpaired) electrons. The maximum Gasteiger partial charge on any atom is 0.282 e. The predicted molar refractivity (Wildman–Crippen MR) is 51.6 cm³/mol. The molecular weight excluding hydrogens is 166 g/mol. The lowest BCUT2D eigenvalue weighted by molar-refractivity contribution is -0.00420. The van der Waals surface area contributed by atoms with Gasteiger partial charge in [-0.1, -0.05) is 6.92 Å². The molecule has 1 saturated heterocycles. The van der Waals surface area contributed by atoms with Gasteiger partial charge in [0.1, 0.15) is 5.60 Å². The Hall–Kier alpha value is -0.770. The highest BCUT2D eigenvalue weighted by Gasteiger charge is 2.45. The van der Waals surface area contributed by atoms with Crippen LogP contribution in [0.25, 0.3) is 0 Å². The Bertz CT molecular complexity index is 229. The number of nitrogens with one attached hydrogen (secondary N) is 1. The summed E-state index contributed by atoms with van der Waals surface area (Å²) in [6.07, 6.45) is 2.14. The van der Waals surface area contributed by atoms with Gasteiger partial charge in [0.15, 0.2) is 0 Å². The SMILES string of the molecule is CCC1CNCCC12CN=C(N)O2. The number of amidine groups is 1. The highest BCUT2D eigenvalue weighted by molar-refractivity contribution is 5.73. The Kier molecular flexibility index (Phi) is 2.15. The molecule has 2 aliphatic rings. The molecule has 0 aromatic heterocycles. The molecule has 0 aliphatic carbocycles. The van der Waals surface area contributed by atoms with E-state index in [0.29, 0.717) is 11.9 Å².